The van der Waals surface area contributed by atoms with Gasteiger partial charge in [0.2, 0.25) is 0 Å². The number of nitrogens with zero attached hydrogens (tertiary/aromatic N) is 1. The normalized spacial score (nSPS) is 12.0. The SMILES string of the molecule is CCCCCCCCCCCC[N+](Cl)(CCCN)CCCN. The summed E-state index contributed by atoms with van der Waals surface area (Å²) < 4.78 is 0.644. The summed E-state index contributed by atoms with van der Waals surface area (Å²) in [4.78, 5) is 0. The lowest BCUT2D eigenvalue weighted by Crippen LogP contribution is -2.42. The molecule has 0 fully saturated rings. The predicted molar refractivity (Wildman–Crippen MR) is 99.9 cm³/mol. The summed E-state index contributed by atoms with van der Waals surface area (Å²) in [5, 5.41) is 0. The second-order valence-corrected chi connectivity index (χ2v) is 7.38. The van der Waals surface area contributed by atoms with Gasteiger partial charge in [-0.25, -0.2) is 4.00 Å². The molecule has 4 heteroatoms. The van der Waals surface area contributed by atoms with Crippen LogP contribution in [0.25, 0.3) is 0 Å². The van der Waals surface area contributed by atoms with Crippen molar-refractivity contribution in [3.63, 3.8) is 0 Å². The van der Waals surface area contributed by atoms with Crippen LogP contribution in [0.3, 0.4) is 0 Å². The average Bonchev–Trinajstić information content (AvgIpc) is 2.53. The van der Waals surface area contributed by atoms with Crippen molar-refractivity contribution in [1.29, 1.82) is 0 Å². The quantitative estimate of drug-likeness (QED) is 0.302. The van der Waals surface area contributed by atoms with E-state index < -0.39 is 0 Å². The lowest BCUT2D eigenvalue weighted by molar-refractivity contribution is -0.816. The maximum Gasteiger partial charge on any atom is 0.165 e. The van der Waals surface area contributed by atoms with Gasteiger partial charge >= 0.3 is 0 Å². The molecule has 0 aliphatic heterocycles. The van der Waals surface area contributed by atoms with Crippen LogP contribution in [0.4, 0.5) is 0 Å². The van der Waals surface area contributed by atoms with E-state index in [1.54, 1.807) is 0 Å². The highest BCUT2D eigenvalue weighted by atomic mass is 35.5. The van der Waals surface area contributed by atoms with Crippen molar-refractivity contribution >= 4 is 11.8 Å². The molecular formula is C18H41ClN3+. The summed E-state index contributed by atoms with van der Waals surface area (Å²) in [5.74, 6) is 0. The first-order valence-electron chi connectivity index (χ1n) is 9.64. The summed E-state index contributed by atoms with van der Waals surface area (Å²) in [6, 6.07) is 0. The highest BCUT2D eigenvalue weighted by molar-refractivity contribution is 6.06. The van der Waals surface area contributed by atoms with E-state index in [1.807, 2.05) is 0 Å². The molecule has 0 spiro atoms. The smallest absolute Gasteiger partial charge is 0.165 e. The van der Waals surface area contributed by atoms with E-state index in [1.165, 1.54) is 64.2 Å². The molecule has 0 saturated carbocycles. The minimum atomic E-state index is 0.644. The van der Waals surface area contributed by atoms with Gasteiger partial charge in [-0.15, -0.1) is 0 Å². The Balaban J connectivity index is 3.58. The highest BCUT2D eigenvalue weighted by Gasteiger charge is 2.23. The van der Waals surface area contributed by atoms with E-state index in [9.17, 15) is 0 Å². The fourth-order valence-electron chi connectivity index (χ4n) is 2.97. The summed E-state index contributed by atoms with van der Waals surface area (Å²) in [6.07, 6.45) is 15.7. The Hall–Kier alpha value is 0.170. The summed E-state index contributed by atoms with van der Waals surface area (Å²) in [6.45, 7) is 6.76. The standard InChI is InChI=1S/C18H41ClN3/c1-2-3-4-5-6-7-8-9-10-11-16-22(19,17-12-14-20)18-13-15-21/h2-18,20-21H2,1H3/q+1. The van der Waals surface area contributed by atoms with E-state index in [4.69, 9.17) is 23.2 Å². The number of halogens is 1. The molecule has 0 aliphatic rings. The number of hydrogen-bond acceptors (Lipinski definition) is 2. The predicted octanol–water partition coefficient (Wildman–Crippen LogP) is 4.58. The zero-order valence-corrected chi connectivity index (χ0v) is 15.8. The van der Waals surface area contributed by atoms with Gasteiger partial charge in [0, 0.05) is 12.8 Å². The van der Waals surface area contributed by atoms with Gasteiger partial charge < -0.3 is 11.5 Å². The van der Waals surface area contributed by atoms with Gasteiger partial charge in [-0.2, -0.15) is 0 Å². The highest BCUT2D eigenvalue weighted by Crippen LogP contribution is 2.18. The van der Waals surface area contributed by atoms with Gasteiger partial charge in [0.05, 0.1) is 19.6 Å². The lowest BCUT2D eigenvalue weighted by Gasteiger charge is -2.29. The molecule has 0 atom stereocenters. The third-order valence-electron chi connectivity index (χ3n) is 4.44. The van der Waals surface area contributed by atoms with E-state index in [-0.39, 0.29) is 0 Å². The molecule has 22 heavy (non-hydrogen) atoms. The van der Waals surface area contributed by atoms with Crippen molar-refractivity contribution in [2.24, 2.45) is 11.5 Å². The van der Waals surface area contributed by atoms with Gasteiger partial charge in [0.25, 0.3) is 0 Å². The molecule has 0 aliphatic carbocycles. The Kier molecular flexibility index (Phi) is 16.2. The monoisotopic (exact) mass is 334 g/mol. The molecule has 3 nitrogen and oxygen atoms in total. The summed E-state index contributed by atoms with van der Waals surface area (Å²) in [7, 11) is 0. The number of rotatable bonds is 17. The second-order valence-electron chi connectivity index (χ2n) is 6.67. The Morgan fingerprint density at radius 2 is 0.955 bits per heavy atom. The fourth-order valence-corrected chi connectivity index (χ4v) is 3.33. The van der Waals surface area contributed by atoms with Gasteiger partial charge in [-0.3, -0.25) is 0 Å². The Labute approximate surface area is 144 Å². The second kappa shape index (κ2) is 16.0. The maximum absolute atomic E-state index is 6.73. The first kappa shape index (κ1) is 22.2. The zero-order chi connectivity index (χ0) is 16.5. The van der Waals surface area contributed by atoms with E-state index in [0.717, 1.165) is 45.6 Å². The number of quaternary nitrogens is 1. The summed E-state index contributed by atoms with van der Waals surface area (Å²) >= 11 is 6.73. The molecular weight excluding hydrogens is 294 g/mol. The molecule has 0 saturated heterocycles. The Bertz CT molecular complexity index is 216. The first-order valence-corrected chi connectivity index (χ1v) is 9.98. The van der Waals surface area contributed by atoms with Crippen molar-refractivity contribution in [1.82, 2.24) is 0 Å². The van der Waals surface area contributed by atoms with Crippen LogP contribution in [0.2, 0.25) is 0 Å². The van der Waals surface area contributed by atoms with Crippen LogP contribution in [0.1, 0.15) is 84.0 Å². The Morgan fingerprint density at radius 1 is 0.591 bits per heavy atom. The molecule has 0 aromatic rings. The molecule has 0 aromatic heterocycles. The molecule has 134 valence electrons. The molecule has 0 aromatic carbocycles. The van der Waals surface area contributed by atoms with Crippen LogP contribution in [0, 0.1) is 0 Å². The minimum absolute atomic E-state index is 0.644. The molecule has 0 radical (unpaired) electrons. The average molecular weight is 335 g/mol. The largest absolute Gasteiger partial charge is 0.330 e. The molecule has 0 amide bonds. The van der Waals surface area contributed by atoms with Gasteiger partial charge in [0.15, 0.2) is 11.8 Å². The third-order valence-corrected chi connectivity index (χ3v) is 4.95. The van der Waals surface area contributed by atoms with E-state index >= 15 is 0 Å². The lowest BCUT2D eigenvalue weighted by atomic mass is 10.1. The van der Waals surface area contributed by atoms with Gasteiger partial charge in [0.1, 0.15) is 0 Å². The van der Waals surface area contributed by atoms with Crippen molar-refractivity contribution in [3.05, 3.63) is 0 Å². The van der Waals surface area contributed by atoms with E-state index in [0.29, 0.717) is 4.00 Å². The number of nitrogens with two attached hydrogens (primary N) is 2. The van der Waals surface area contributed by atoms with Crippen LogP contribution in [-0.2, 0) is 0 Å². The first-order chi connectivity index (χ1) is 10.7. The van der Waals surface area contributed by atoms with Crippen molar-refractivity contribution in [2.75, 3.05) is 32.7 Å². The van der Waals surface area contributed by atoms with Gasteiger partial charge in [-0.1, -0.05) is 58.3 Å². The van der Waals surface area contributed by atoms with Crippen molar-refractivity contribution < 1.29 is 4.00 Å². The van der Waals surface area contributed by atoms with Gasteiger partial charge in [-0.05, 0) is 25.9 Å². The van der Waals surface area contributed by atoms with E-state index in [2.05, 4.69) is 6.92 Å². The number of unbranched alkanes of at least 4 members (excludes halogenated alkanes) is 9. The summed E-state index contributed by atoms with van der Waals surface area (Å²) in [5.41, 5.74) is 11.2. The molecule has 0 rings (SSSR count). The fraction of sp³-hybridized carbons (Fsp3) is 1.00. The maximum atomic E-state index is 6.73. The van der Waals surface area contributed by atoms with Crippen molar-refractivity contribution in [2.45, 2.75) is 84.0 Å². The minimum Gasteiger partial charge on any atom is -0.330 e. The van der Waals surface area contributed by atoms with Crippen LogP contribution < -0.4 is 11.5 Å². The van der Waals surface area contributed by atoms with Crippen molar-refractivity contribution in [3.8, 4) is 0 Å². The van der Waals surface area contributed by atoms with Crippen LogP contribution in [0.5, 0.6) is 0 Å². The Morgan fingerprint density at radius 3 is 1.36 bits per heavy atom. The van der Waals surface area contributed by atoms with Crippen LogP contribution in [-0.4, -0.2) is 36.7 Å². The zero-order valence-electron chi connectivity index (χ0n) is 15.0. The molecule has 4 N–H and O–H groups in total. The molecule has 0 heterocycles. The van der Waals surface area contributed by atoms with Crippen LogP contribution in [0.15, 0.2) is 0 Å². The molecule has 0 unspecified atom stereocenters. The third kappa shape index (κ3) is 13.8. The molecule has 0 bridgehead atoms. The topological polar surface area (TPSA) is 52.0 Å². The van der Waals surface area contributed by atoms with Crippen LogP contribution >= 0.6 is 11.8 Å². The number of hydrogen-bond donors (Lipinski definition) is 2.